The molecule has 0 saturated heterocycles. The lowest BCUT2D eigenvalue weighted by molar-refractivity contribution is -0.129. The van der Waals surface area contributed by atoms with Crippen molar-refractivity contribution in [2.24, 2.45) is 11.7 Å². The Bertz CT molecular complexity index is 310. The Labute approximate surface area is 141 Å². The van der Waals surface area contributed by atoms with Crippen molar-refractivity contribution in [3.05, 3.63) is 0 Å². The normalized spacial score (nSPS) is 12.0. The summed E-state index contributed by atoms with van der Waals surface area (Å²) in [4.78, 5) is 32.1. The Kier molecular flexibility index (Phi) is 21.3. The maximum Gasteiger partial charge on any atom is 0.237 e. The standard InChI is InChI=1S/C13H27N3O2.C2H6.CH3NO/c1-9(2)12(15-5)13(18)16-11(10(3)17)7-6-8-14-4;1-2;2-1-3/h9,11-12,14-15H,6-8H2,1-5H3,(H,16,18);1-2H3;1H,(H2,2,3). The van der Waals surface area contributed by atoms with Crippen LogP contribution in [0.2, 0.25) is 0 Å². The summed E-state index contributed by atoms with van der Waals surface area (Å²) >= 11 is 0. The lowest BCUT2D eigenvalue weighted by Gasteiger charge is -2.23. The van der Waals surface area contributed by atoms with Gasteiger partial charge in [-0.1, -0.05) is 27.7 Å². The average molecular weight is 332 g/mol. The van der Waals surface area contributed by atoms with Gasteiger partial charge in [0.25, 0.3) is 0 Å². The molecule has 2 amide bonds. The molecule has 0 aliphatic rings. The SMILES string of the molecule is CC.CNCCCC(NC(=O)C(NC)C(C)C)C(C)=O.NC=O. The third-order valence-electron chi connectivity index (χ3n) is 2.99. The second-order valence-electron chi connectivity index (χ2n) is 5.06. The predicted octanol–water partition coefficient (Wildman–Crippen LogP) is 0.432. The van der Waals surface area contributed by atoms with Gasteiger partial charge in [-0.3, -0.25) is 14.4 Å². The van der Waals surface area contributed by atoms with Crippen molar-refractivity contribution in [1.29, 1.82) is 0 Å². The molecular formula is C16H36N4O3. The quantitative estimate of drug-likeness (QED) is 0.361. The van der Waals surface area contributed by atoms with E-state index in [1.165, 1.54) is 6.92 Å². The molecular weight excluding hydrogens is 296 g/mol. The molecule has 138 valence electrons. The summed E-state index contributed by atoms with van der Waals surface area (Å²) in [6.07, 6.45) is 1.80. The molecule has 0 bridgehead atoms. The molecule has 0 fully saturated rings. The Morgan fingerprint density at radius 2 is 1.65 bits per heavy atom. The van der Waals surface area contributed by atoms with E-state index in [1.54, 1.807) is 7.05 Å². The van der Waals surface area contributed by atoms with E-state index in [4.69, 9.17) is 4.79 Å². The van der Waals surface area contributed by atoms with Crippen molar-refractivity contribution < 1.29 is 14.4 Å². The van der Waals surface area contributed by atoms with E-state index >= 15 is 0 Å². The fraction of sp³-hybridized carbons (Fsp3) is 0.812. The molecule has 0 aliphatic heterocycles. The molecule has 0 radical (unpaired) electrons. The van der Waals surface area contributed by atoms with Crippen molar-refractivity contribution in [1.82, 2.24) is 16.0 Å². The number of hydrogen-bond acceptors (Lipinski definition) is 5. The van der Waals surface area contributed by atoms with Crippen LogP contribution >= 0.6 is 0 Å². The lowest BCUT2D eigenvalue weighted by atomic mass is 10.0. The van der Waals surface area contributed by atoms with Gasteiger partial charge in [0, 0.05) is 0 Å². The molecule has 0 aliphatic carbocycles. The number of nitrogens with one attached hydrogen (secondary N) is 3. The summed E-state index contributed by atoms with van der Waals surface area (Å²) in [6.45, 7) is 10.3. The van der Waals surface area contributed by atoms with Gasteiger partial charge in [0.1, 0.15) is 0 Å². The van der Waals surface area contributed by atoms with Crippen LogP contribution in [-0.2, 0) is 14.4 Å². The minimum Gasteiger partial charge on any atom is -0.372 e. The second-order valence-corrected chi connectivity index (χ2v) is 5.06. The number of rotatable bonds is 9. The fourth-order valence-electron chi connectivity index (χ4n) is 1.89. The molecule has 7 heteroatoms. The van der Waals surface area contributed by atoms with E-state index in [9.17, 15) is 9.59 Å². The van der Waals surface area contributed by atoms with Crippen LogP contribution in [0.3, 0.4) is 0 Å². The molecule has 2 atom stereocenters. The third kappa shape index (κ3) is 15.2. The maximum atomic E-state index is 12.0. The van der Waals surface area contributed by atoms with E-state index in [1.807, 2.05) is 34.7 Å². The highest BCUT2D eigenvalue weighted by atomic mass is 16.2. The minimum absolute atomic E-state index is 0.0121. The molecule has 0 aromatic heterocycles. The number of carbonyl (C=O) groups excluding carboxylic acids is 3. The van der Waals surface area contributed by atoms with E-state index < -0.39 is 0 Å². The Hall–Kier alpha value is -1.47. The number of Topliss-reactive ketones (excluding diaryl/α,β-unsaturated/α-hetero) is 1. The Morgan fingerprint density at radius 1 is 1.17 bits per heavy atom. The molecule has 2 unspecified atom stereocenters. The molecule has 7 nitrogen and oxygen atoms in total. The molecule has 0 saturated carbocycles. The lowest BCUT2D eigenvalue weighted by Crippen LogP contribution is -2.51. The molecule has 0 spiro atoms. The number of carbonyl (C=O) groups is 3. The minimum atomic E-state index is -0.375. The van der Waals surface area contributed by atoms with Crippen LogP contribution in [0.4, 0.5) is 0 Å². The first-order valence-corrected chi connectivity index (χ1v) is 8.13. The zero-order valence-corrected chi connectivity index (χ0v) is 15.7. The largest absolute Gasteiger partial charge is 0.372 e. The maximum absolute atomic E-state index is 12.0. The summed E-state index contributed by atoms with van der Waals surface area (Å²) in [6, 6.07) is -0.628. The topological polar surface area (TPSA) is 113 Å². The molecule has 5 N–H and O–H groups in total. The van der Waals surface area contributed by atoms with E-state index in [0.29, 0.717) is 6.42 Å². The molecule has 23 heavy (non-hydrogen) atoms. The number of primary amides is 1. The molecule has 0 aromatic rings. The monoisotopic (exact) mass is 332 g/mol. The Morgan fingerprint density at radius 3 is 1.96 bits per heavy atom. The second kappa shape index (κ2) is 18.6. The van der Waals surface area contributed by atoms with Crippen LogP contribution < -0.4 is 21.7 Å². The summed E-state index contributed by atoms with van der Waals surface area (Å²) < 4.78 is 0. The van der Waals surface area contributed by atoms with E-state index in [2.05, 4.69) is 21.7 Å². The van der Waals surface area contributed by atoms with Gasteiger partial charge in [0.15, 0.2) is 5.78 Å². The predicted molar refractivity (Wildman–Crippen MR) is 95.1 cm³/mol. The van der Waals surface area contributed by atoms with Crippen molar-refractivity contribution in [2.75, 3.05) is 20.6 Å². The first-order chi connectivity index (χ1) is 10.8. The van der Waals surface area contributed by atoms with Crippen LogP contribution in [0.1, 0.15) is 47.5 Å². The highest BCUT2D eigenvalue weighted by Crippen LogP contribution is 2.04. The zero-order valence-electron chi connectivity index (χ0n) is 15.7. The van der Waals surface area contributed by atoms with E-state index in [0.717, 1.165) is 13.0 Å². The number of amides is 2. The van der Waals surface area contributed by atoms with Gasteiger partial charge in [-0.05, 0) is 46.3 Å². The molecule has 0 aromatic carbocycles. The Balaban J connectivity index is -0.000000710. The van der Waals surface area contributed by atoms with Crippen molar-refractivity contribution in [3.8, 4) is 0 Å². The number of ketones is 1. The fourth-order valence-corrected chi connectivity index (χ4v) is 1.89. The van der Waals surface area contributed by atoms with Crippen LogP contribution in [0.25, 0.3) is 0 Å². The van der Waals surface area contributed by atoms with Crippen LogP contribution in [0.5, 0.6) is 0 Å². The summed E-state index contributed by atoms with van der Waals surface area (Å²) in [7, 11) is 3.63. The summed E-state index contributed by atoms with van der Waals surface area (Å²) in [5, 5.41) is 8.84. The molecule has 0 rings (SSSR count). The van der Waals surface area contributed by atoms with Crippen LogP contribution in [-0.4, -0.2) is 50.8 Å². The van der Waals surface area contributed by atoms with Crippen LogP contribution in [0.15, 0.2) is 0 Å². The van der Waals surface area contributed by atoms with Crippen molar-refractivity contribution in [2.45, 2.75) is 59.5 Å². The van der Waals surface area contributed by atoms with Gasteiger partial charge in [-0.2, -0.15) is 0 Å². The average Bonchev–Trinajstić information content (AvgIpc) is 2.49. The third-order valence-corrected chi connectivity index (χ3v) is 2.99. The first kappa shape index (κ1) is 26.4. The van der Waals surface area contributed by atoms with Gasteiger partial charge in [0.05, 0.1) is 12.1 Å². The highest BCUT2D eigenvalue weighted by Gasteiger charge is 2.24. The van der Waals surface area contributed by atoms with Gasteiger partial charge in [-0.25, -0.2) is 0 Å². The smallest absolute Gasteiger partial charge is 0.237 e. The summed E-state index contributed by atoms with van der Waals surface area (Å²) in [5.74, 6) is 0.107. The first-order valence-electron chi connectivity index (χ1n) is 8.13. The molecule has 0 heterocycles. The summed E-state index contributed by atoms with van der Waals surface area (Å²) in [5.41, 5.74) is 4.17. The van der Waals surface area contributed by atoms with Crippen LogP contribution in [0, 0.1) is 5.92 Å². The van der Waals surface area contributed by atoms with Gasteiger partial charge in [-0.15, -0.1) is 0 Å². The van der Waals surface area contributed by atoms with E-state index in [-0.39, 0.29) is 36.1 Å². The van der Waals surface area contributed by atoms with Crippen molar-refractivity contribution >= 4 is 18.1 Å². The van der Waals surface area contributed by atoms with Gasteiger partial charge < -0.3 is 21.7 Å². The number of nitrogens with two attached hydrogens (primary N) is 1. The zero-order chi connectivity index (χ0) is 18.8. The number of likely N-dealkylation sites (N-methyl/N-ethyl adjacent to an activating group) is 1. The van der Waals surface area contributed by atoms with Crippen molar-refractivity contribution in [3.63, 3.8) is 0 Å². The van der Waals surface area contributed by atoms with Gasteiger partial charge in [0.2, 0.25) is 12.3 Å². The number of hydrogen-bond donors (Lipinski definition) is 4. The van der Waals surface area contributed by atoms with Gasteiger partial charge >= 0.3 is 0 Å². The highest BCUT2D eigenvalue weighted by molar-refractivity contribution is 5.89.